The van der Waals surface area contributed by atoms with Gasteiger partial charge in [-0.05, 0) is 18.2 Å². The van der Waals surface area contributed by atoms with Gasteiger partial charge in [0.2, 0.25) is 0 Å². The van der Waals surface area contributed by atoms with Gasteiger partial charge in [0.15, 0.2) is 5.76 Å². The molecule has 2 aromatic heterocycles. The number of para-hydroxylation sites is 1. The minimum Gasteiger partial charge on any atom is -0.400 e. The van der Waals surface area contributed by atoms with Gasteiger partial charge >= 0.3 is 5.88 Å². The van der Waals surface area contributed by atoms with Crippen LogP contribution in [0.25, 0.3) is 10.9 Å². The molecule has 0 fully saturated rings. The first-order chi connectivity index (χ1) is 11.1. The summed E-state index contributed by atoms with van der Waals surface area (Å²) in [4.78, 5) is 26.0. The molecule has 2 heterocycles. The first kappa shape index (κ1) is 14.4. The number of nitro groups is 1. The van der Waals surface area contributed by atoms with Crippen LogP contribution in [0, 0.1) is 10.1 Å². The number of fused-ring (bicyclic) bond motifs is 1. The fourth-order valence-corrected chi connectivity index (χ4v) is 1.91. The zero-order valence-corrected chi connectivity index (χ0v) is 11.7. The van der Waals surface area contributed by atoms with Crippen LogP contribution in [0.2, 0.25) is 0 Å². The summed E-state index contributed by atoms with van der Waals surface area (Å²) in [5.41, 5.74) is 3.20. The van der Waals surface area contributed by atoms with E-state index in [4.69, 9.17) is 4.42 Å². The Morgan fingerprint density at radius 2 is 2.04 bits per heavy atom. The molecule has 0 spiro atoms. The summed E-state index contributed by atoms with van der Waals surface area (Å²) in [6, 6.07) is 13.4. The Kier molecular flexibility index (Phi) is 3.79. The van der Waals surface area contributed by atoms with Crippen LogP contribution in [0.15, 0.2) is 58.0 Å². The van der Waals surface area contributed by atoms with E-state index in [1.807, 2.05) is 18.2 Å². The number of carbonyl (C=O) groups is 1. The van der Waals surface area contributed by atoms with E-state index in [2.05, 4.69) is 15.5 Å². The second-order valence-electron chi connectivity index (χ2n) is 4.52. The molecule has 0 unspecified atom stereocenters. The van der Waals surface area contributed by atoms with E-state index in [0.717, 1.165) is 5.39 Å². The van der Waals surface area contributed by atoms with Crippen molar-refractivity contribution in [2.45, 2.75) is 0 Å². The molecule has 0 aliphatic carbocycles. The van der Waals surface area contributed by atoms with Crippen LogP contribution in [0.3, 0.4) is 0 Å². The number of nitrogens with one attached hydrogen (secondary N) is 1. The van der Waals surface area contributed by atoms with Crippen LogP contribution < -0.4 is 5.43 Å². The molecule has 8 heteroatoms. The van der Waals surface area contributed by atoms with Crippen molar-refractivity contribution in [2.24, 2.45) is 5.10 Å². The Labute approximate surface area is 129 Å². The van der Waals surface area contributed by atoms with Gasteiger partial charge in [0, 0.05) is 5.39 Å². The zero-order chi connectivity index (χ0) is 16.2. The van der Waals surface area contributed by atoms with E-state index in [1.165, 1.54) is 18.3 Å². The highest BCUT2D eigenvalue weighted by molar-refractivity contribution is 5.95. The second-order valence-corrected chi connectivity index (χ2v) is 4.52. The highest BCUT2D eigenvalue weighted by atomic mass is 16.6. The predicted octanol–water partition coefficient (Wildman–Crippen LogP) is 2.50. The van der Waals surface area contributed by atoms with Gasteiger partial charge in [-0.15, -0.1) is 0 Å². The zero-order valence-electron chi connectivity index (χ0n) is 11.7. The molecule has 3 rings (SSSR count). The van der Waals surface area contributed by atoms with Gasteiger partial charge in [0.25, 0.3) is 5.91 Å². The molecule has 0 aliphatic heterocycles. The lowest BCUT2D eigenvalue weighted by atomic mass is 10.2. The number of furan rings is 1. The van der Waals surface area contributed by atoms with Gasteiger partial charge in [0.1, 0.15) is 10.6 Å². The molecule has 0 atom stereocenters. The minimum atomic E-state index is -0.658. The molecular weight excluding hydrogens is 300 g/mol. The summed E-state index contributed by atoms with van der Waals surface area (Å²) in [5, 5.41) is 15.1. The van der Waals surface area contributed by atoms with Crippen molar-refractivity contribution >= 4 is 28.9 Å². The number of pyridine rings is 1. The Morgan fingerprint density at radius 1 is 1.22 bits per heavy atom. The Morgan fingerprint density at radius 3 is 2.83 bits per heavy atom. The van der Waals surface area contributed by atoms with Crippen LogP contribution in [0.4, 0.5) is 5.88 Å². The lowest BCUT2D eigenvalue weighted by Crippen LogP contribution is -2.18. The summed E-state index contributed by atoms with van der Waals surface area (Å²) >= 11 is 0. The molecule has 0 saturated heterocycles. The number of carbonyl (C=O) groups excluding carboxylic acids is 1. The number of benzene rings is 1. The van der Waals surface area contributed by atoms with Crippen LogP contribution >= 0.6 is 0 Å². The molecule has 114 valence electrons. The quantitative estimate of drug-likeness (QED) is 0.452. The third-order valence-electron chi connectivity index (χ3n) is 2.98. The third-order valence-corrected chi connectivity index (χ3v) is 2.98. The lowest BCUT2D eigenvalue weighted by molar-refractivity contribution is -0.402. The highest BCUT2D eigenvalue weighted by Crippen LogP contribution is 2.14. The standard InChI is InChI=1S/C15H10N4O4/c20-15(13-7-5-10-3-1-2-4-12(10)17-13)18-16-9-11-6-8-14(23-11)19(21)22/h1-9H,(H,18,20)/b16-9+. The number of aromatic nitrogens is 1. The second kappa shape index (κ2) is 6.06. The maximum absolute atomic E-state index is 12.0. The van der Waals surface area contributed by atoms with E-state index in [9.17, 15) is 14.9 Å². The molecule has 23 heavy (non-hydrogen) atoms. The first-order valence-electron chi connectivity index (χ1n) is 6.57. The van der Waals surface area contributed by atoms with Crippen molar-refractivity contribution in [3.8, 4) is 0 Å². The maximum Gasteiger partial charge on any atom is 0.433 e. The van der Waals surface area contributed by atoms with Crippen LogP contribution in [0.1, 0.15) is 16.2 Å². The van der Waals surface area contributed by atoms with Crippen molar-refractivity contribution < 1.29 is 14.1 Å². The molecule has 1 amide bonds. The molecule has 1 N–H and O–H groups in total. The van der Waals surface area contributed by atoms with Crippen LogP contribution in [-0.2, 0) is 0 Å². The van der Waals surface area contributed by atoms with E-state index >= 15 is 0 Å². The SMILES string of the molecule is O=C(N/N=C/c1ccc([N+](=O)[O-])o1)c1ccc2ccccc2n1. The number of nitrogens with zero attached hydrogens (tertiary/aromatic N) is 3. The van der Waals surface area contributed by atoms with Crippen molar-refractivity contribution in [1.29, 1.82) is 0 Å². The average Bonchev–Trinajstić information content (AvgIpc) is 3.03. The monoisotopic (exact) mass is 310 g/mol. The Balaban J connectivity index is 1.70. The highest BCUT2D eigenvalue weighted by Gasteiger charge is 2.11. The van der Waals surface area contributed by atoms with Crippen molar-refractivity contribution in [2.75, 3.05) is 0 Å². The molecule has 8 nitrogen and oxygen atoms in total. The van der Waals surface area contributed by atoms with Gasteiger partial charge in [-0.1, -0.05) is 24.3 Å². The van der Waals surface area contributed by atoms with E-state index in [0.29, 0.717) is 5.52 Å². The summed E-state index contributed by atoms with van der Waals surface area (Å²) in [5.74, 6) is -0.731. The van der Waals surface area contributed by atoms with Gasteiger partial charge in [-0.25, -0.2) is 10.4 Å². The normalized spacial score (nSPS) is 11.0. The van der Waals surface area contributed by atoms with Crippen molar-refractivity contribution in [1.82, 2.24) is 10.4 Å². The number of hydrogen-bond acceptors (Lipinski definition) is 6. The largest absolute Gasteiger partial charge is 0.433 e. The number of hydrazone groups is 1. The van der Waals surface area contributed by atoms with Crippen LogP contribution in [-0.4, -0.2) is 22.0 Å². The summed E-state index contributed by atoms with van der Waals surface area (Å²) in [7, 11) is 0. The fourth-order valence-electron chi connectivity index (χ4n) is 1.91. The molecule has 0 saturated carbocycles. The molecule has 0 aliphatic rings. The summed E-state index contributed by atoms with van der Waals surface area (Å²) < 4.78 is 4.87. The lowest BCUT2D eigenvalue weighted by Gasteiger charge is -2.01. The fraction of sp³-hybridized carbons (Fsp3) is 0. The van der Waals surface area contributed by atoms with Gasteiger partial charge in [0.05, 0.1) is 17.8 Å². The summed E-state index contributed by atoms with van der Waals surface area (Å²) in [6.07, 6.45) is 1.17. The van der Waals surface area contributed by atoms with Crippen LogP contribution in [0.5, 0.6) is 0 Å². The first-order valence-corrected chi connectivity index (χ1v) is 6.57. The number of rotatable bonds is 4. The third kappa shape index (κ3) is 3.21. The number of amides is 1. The molecule has 0 radical (unpaired) electrons. The molecule has 0 bridgehead atoms. The van der Waals surface area contributed by atoms with Gasteiger partial charge in [-0.2, -0.15) is 5.10 Å². The maximum atomic E-state index is 12.0. The van der Waals surface area contributed by atoms with Crippen molar-refractivity contribution in [3.63, 3.8) is 0 Å². The Bertz CT molecular complexity index is 916. The van der Waals surface area contributed by atoms with E-state index < -0.39 is 16.7 Å². The van der Waals surface area contributed by atoms with E-state index in [-0.39, 0.29) is 11.5 Å². The minimum absolute atomic E-state index is 0.156. The molecule has 1 aromatic carbocycles. The molecular formula is C15H10N4O4. The smallest absolute Gasteiger partial charge is 0.400 e. The predicted molar refractivity (Wildman–Crippen MR) is 82.2 cm³/mol. The van der Waals surface area contributed by atoms with Gasteiger partial charge in [-0.3, -0.25) is 14.9 Å². The van der Waals surface area contributed by atoms with E-state index in [1.54, 1.807) is 18.2 Å². The van der Waals surface area contributed by atoms with Gasteiger partial charge < -0.3 is 4.42 Å². The Hall–Kier alpha value is -3.55. The summed E-state index contributed by atoms with van der Waals surface area (Å²) in [6.45, 7) is 0. The van der Waals surface area contributed by atoms with Crippen molar-refractivity contribution in [3.05, 3.63) is 70.1 Å². The molecule has 3 aromatic rings. The average molecular weight is 310 g/mol. The number of hydrogen-bond donors (Lipinski definition) is 1. The topological polar surface area (TPSA) is 111 Å².